The molecule has 1 unspecified atom stereocenters. The lowest BCUT2D eigenvalue weighted by molar-refractivity contribution is -0.120. The smallest absolute Gasteiger partial charge is 0.225 e. The van der Waals surface area contributed by atoms with E-state index in [0.29, 0.717) is 5.56 Å². The normalized spacial score (nSPS) is 12.2. The minimum absolute atomic E-state index is 0.0147. The predicted octanol–water partition coefficient (Wildman–Crippen LogP) is 4.06. The molecule has 0 heterocycles. The molecule has 0 spiro atoms. The van der Waals surface area contributed by atoms with Gasteiger partial charge in [-0.2, -0.15) is 5.26 Å². The number of nitriles is 1. The molecule has 2 rings (SSSR count). The Morgan fingerprint density at radius 1 is 1.23 bits per heavy atom. The number of methoxy groups -OCH3 is 1. The molecule has 0 bridgehead atoms. The molecule has 2 aromatic carbocycles. The Labute approximate surface area is 153 Å². The topological polar surface area (TPSA) is 62.1 Å². The molecule has 0 radical (unpaired) electrons. The number of nitrogens with zero attached hydrogens (tertiary/aromatic N) is 1. The zero-order valence-electron chi connectivity index (χ0n) is 15.5. The molecule has 1 atom stereocenters. The van der Waals surface area contributed by atoms with E-state index in [9.17, 15) is 14.4 Å². The van der Waals surface area contributed by atoms with Gasteiger partial charge in [-0.1, -0.05) is 51.1 Å². The Morgan fingerprint density at radius 2 is 1.88 bits per heavy atom. The van der Waals surface area contributed by atoms with Crippen molar-refractivity contribution in [2.24, 2.45) is 0 Å². The monoisotopic (exact) mass is 354 g/mol. The molecule has 1 N–H and O–H groups in total. The van der Waals surface area contributed by atoms with Crippen LogP contribution in [0.1, 0.15) is 43.5 Å². The number of amides is 1. The summed E-state index contributed by atoms with van der Waals surface area (Å²) < 4.78 is 18.6. The van der Waals surface area contributed by atoms with Crippen molar-refractivity contribution in [1.82, 2.24) is 5.32 Å². The highest BCUT2D eigenvalue weighted by atomic mass is 19.1. The SMILES string of the molecule is COc1ccc(CC(=O)NC(C#N)c2ccc(C(C)(C)C)cc2)cc1F. The third kappa shape index (κ3) is 4.82. The summed E-state index contributed by atoms with van der Waals surface area (Å²) in [6, 6.07) is 13.3. The number of nitrogens with one attached hydrogen (secondary N) is 1. The van der Waals surface area contributed by atoms with Gasteiger partial charge in [0.15, 0.2) is 11.6 Å². The lowest BCUT2D eigenvalue weighted by Gasteiger charge is -2.20. The molecule has 5 heteroatoms. The second-order valence-corrected chi connectivity index (χ2v) is 7.15. The molecule has 26 heavy (non-hydrogen) atoms. The fraction of sp³-hybridized carbons (Fsp3) is 0.333. The summed E-state index contributed by atoms with van der Waals surface area (Å²) in [4.78, 5) is 12.2. The van der Waals surface area contributed by atoms with Crippen LogP contribution in [0.4, 0.5) is 4.39 Å². The van der Waals surface area contributed by atoms with E-state index in [1.54, 1.807) is 6.07 Å². The molecule has 0 fully saturated rings. The van der Waals surface area contributed by atoms with E-state index < -0.39 is 11.9 Å². The van der Waals surface area contributed by atoms with Crippen LogP contribution in [-0.2, 0) is 16.6 Å². The van der Waals surface area contributed by atoms with Gasteiger partial charge < -0.3 is 10.1 Å². The maximum Gasteiger partial charge on any atom is 0.225 e. The number of benzene rings is 2. The van der Waals surface area contributed by atoms with Crippen LogP contribution in [0.25, 0.3) is 0 Å². The zero-order valence-corrected chi connectivity index (χ0v) is 15.5. The fourth-order valence-corrected chi connectivity index (χ4v) is 2.58. The summed E-state index contributed by atoms with van der Waals surface area (Å²) in [6.45, 7) is 6.33. The Balaban J connectivity index is 2.06. The zero-order chi connectivity index (χ0) is 19.3. The molecule has 136 valence electrons. The number of carbonyl (C=O) groups excluding carboxylic acids is 1. The Bertz CT molecular complexity index is 817. The molecule has 0 saturated heterocycles. The van der Waals surface area contributed by atoms with Crippen LogP contribution < -0.4 is 10.1 Å². The fourth-order valence-electron chi connectivity index (χ4n) is 2.58. The first-order chi connectivity index (χ1) is 12.2. The summed E-state index contributed by atoms with van der Waals surface area (Å²) in [5.74, 6) is -0.739. The minimum Gasteiger partial charge on any atom is -0.494 e. The Morgan fingerprint density at radius 3 is 2.38 bits per heavy atom. The first-order valence-electron chi connectivity index (χ1n) is 8.36. The first kappa shape index (κ1) is 19.5. The van der Waals surface area contributed by atoms with Crippen LogP contribution in [-0.4, -0.2) is 13.0 Å². The standard InChI is InChI=1S/C21H23FN2O2/c1-21(2,3)16-8-6-15(7-9-16)18(13-23)24-20(25)12-14-5-10-19(26-4)17(22)11-14/h5-11,18H,12H2,1-4H3,(H,24,25). The van der Waals surface area contributed by atoms with Crippen LogP contribution in [0, 0.1) is 17.1 Å². The van der Waals surface area contributed by atoms with Crippen molar-refractivity contribution >= 4 is 5.91 Å². The number of hydrogen-bond acceptors (Lipinski definition) is 3. The van der Waals surface area contributed by atoms with Gasteiger partial charge in [0.25, 0.3) is 0 Å². The Hall–Kier alpha value is -2.87. The van der Waals surface area contributed by atoms with E-state index in [2.05, 4.69) is 32.2 Å². The van der Waals surface area contributed by atoms with Crippen molar-refractivity contribution in [2.75, 3.05) is 7.11 Å². The molecule has 1 amide bonds. The average molecular weight is 354 g/mol. The van der Waals surface area contributed by atoms with Crippen LogP contribution in [0.2, 0.25) is 0 Å². The summed E-state index contributed by atoms with van der Waals surface area (Å²) >= 11 is 0. The summed E-state index contributed by atoms with van der Waals surface area (Å²) in [7, 11) is 1.38. The average Bonchev–Trinajstić information content (AvgIpc) is 2.59. The van der Waals surface area contributed by atoms with Crippen molar-refractivity contribution in [1.29, 1.82) is 5.26 Å². The van der Waals surface area contributed by atoms with Gasteiger partial charge in [-0.05, 0) is 34.2 Å². The number of rotatable bonds is 5. The van der Waals surface area contributed by atoms with Crippen LogP contribution in [0.15, 0.2) is 42.5 Å². The van der Waals surface area contributed by atoms with E-state index in [1.807, 2.05) is 24.3 Å². The van der Waals surface area contributed by atoms with Gasteiger partial charge in [-0.3, -0.25) is 4.79 Å². The molecule has 2 aromatic rings. The molecule has 4 nitrogen and oxygen atoms in total. The van der Waals surface area contributed by atoms with Gasteiger partial charge >= 0.3 is 0 Å². The van der Waals surface area contributed by atoms with Crippen LogP contribution in [0.3, 0.4) is 0 Å². The van der Waals surface area contributed by atoms with Crippen molar-refractivity contribution < 1.29 is 13.9 Å². The van der Waals surface area contributed by atoms with Gasteiger partial charge in [0, 0.05) is 0 Å². The first-order valence-corrected chi connectivity index (χ1v) is 8.36. The van der Waals surface area contributed by atoms with E-state index in [-0.39, 0.29) is 23.5 Å². The maximum atomic E-state index is 13.7. The summed E-state index contributed by atoms with van der Waals surface area (Å²) in [5.41, 5.74) is 2.40. The third-order valence-corrected chi connectivity index (χ3v) is 4.13. The second kappa shape index (κ2) is 8.01. The van der Waals surface area contributed by atoms with Gasteiger partial charge in [-0.15, -0.1) is 0 Å². The van der Waals surface area contributed by atoms with Crippen LogP contribution >= 0.6 is 0 Å². The molecule has 0 saturated carbocycles. The number of halogens is 1. The lowest BCUT2D eigenvalue weighted by Crippen LogP contribution is -2.29. The van der Waals surface area contributed by atoms with Gasteiger partial charge in [0.05, 0.1) is 19.6 Å². The quantitative estimate of drug-likeness (QED) is 0.881. The predicted molar refractivity (Wildman–Crippen MR) is 98.3 cm³/mol. The number of hydrogen-bond donors (Lipinski definition) is 1. The molecule has 0 aliphatic rings. The van der Waals surface area contributed by atoms with E-state index in [1.165, 1.54) is 19.2 Å². The number of ether oxygens (including phenoxy) is 1. The van der Waals surface area contributed by atoms with E-state index in [4.69, 9.17) is 4.74 Å². The van der Waals surface area contributed by atoms with Crippen molar-refractivity contribution in [2.45, 2.75) is 38.6 Å². The molecule has 0 aromatic heterocycles. The number of carbonyl (C=O) groups is 1. The van der Waals surface area contributed by atoms with Gasteiger partial charge in [0.2, 0.25) is 5.91 Å². The van der Waals surface area contributed by atoms with Crippen molar-refractivity contribution in [3.8, 4) is 11.8 Å². The lowest BCUT2D eigenvalue weighted by atomic mass is 9.86. The Kier molecular flexibility index (Phi) is 5.99. The summed E-state index contributed by atoms with van der Waals surface area (Å²) in [5, 5.41) is 12.1. The molecular formula is C21H23FN2O2. The molecular weight excluding hydrogens is 331 g/mol. The maximum absolute atomic E-state index is 13.7. The highest BCUT2D eigenvalue weighted by Gasteiger charge is 2.17. The summed E-state index contributed by atoms with van der Waals surface area (Å²) in [6.07, 6.45) is -0.0147. The highest BCUT2D eigenvalue weighted by molar-refractivity contribution is 5.79. The van der Waals surface area contributed by atoms with Crippen molar-refractivity contribution in [3.63, 3.8) is 0 Å². The van der Waals surface area contributed by atoms with Gasteiger partial charge in [0.1, 0.15) is 6.04 Å². The molecule has 0 aliphatic carbocycles. The van der Waals surface area contributed by atoms with Crippen LogP contribution in [0.5, 0.6) is 5.75 Å². The molecule has 0 aliphatic heterocycles. The van der Waals surface area contributed by atoms with Crippen molar-refractivity contribution in [3.05, 3.63) is 65.0 Å². The second-order valence-electron chi connectivity index (χ2n) is 7.15. The minimum atomic E-state index is -0.750. The van der Waals surface area contributed by atoms with E-state index >= 15 is 0 Å². The van der Waals surface area contributed by atoms with E-state index in [0.717, 1.165) is 11.1 Å². The largest absolute Gasteiger partial charge is 0.494 e. The van der Waals surface area contributed by atoms with Gasteiger partial charge in [-0.25, -0.2) is 4.39 Å². The highest BCUT2D eigenvalue weighted by Crippen LogP contribution is 2.24. The third-order valence-electron chi connectivity index (χ3n) is 4.13.